The van der Waals surface area contributed by atoms with E-state index >= 15 is 0 Å². The van der Waals surface area contributed by atoms with Crippen molar-refractivity contribution in [3.05, 3.63) is 54.1 Å². The van der Waals surface area contributed by atoms with Gasteiger partial charge in [0.2, 0.25) is 11.8 Å². The summed E-state index contributed by atoms with van der Waals surface area (Å²) in [5.74, 6) is -4.05. The van der Waals surface area contributed by atoms with Crippen LogP contribution >= 0.6 is 0 Å². The topological polar surface area (TPSA) is 171 Å². The highest BCUT2D eigenvalue weighted by atomic mass is 16.3. The van der Waals surface area contributed by atoms with Crippen LogP contribution < -0.4 is 16.0 Å². The van der Waals surface area contributed by atoms with Gasteiger partial charge in [-0.25, -0.2) is 4.98 Å². The number of rotatable bonds is 5. The standard InChI is InChI=1S/C28H35N5O6/c1-15-12-21(35)23(18-7-3-8-18)33-26(37)16(2)25(36)19(13-17-6-4-10-29-14-17)31-27(38)22(15)32-28(39)24-20(34)9-5-11-30-24/h4-6,9-11,14-16,18-19,22-23,25,34,36H,3,7-8,12-13H2,1-2H3,(H,31,38)(H,32,39)(H,33,37)/t15-,16+,19-,22-,23?,25-/m0/s1. The molecule has 1 aliphatic heterocycles. The molecule has 1 saturated heterocycles. The second-order valence-corrected chi connectivity index (χ2v) is 10.6. The zero-order chi connectivity index (χ0) is 28.1. The Morgan fingerprint density at radius 3 is 2.46 bits per heavy atom. The molecule has 5 N–H and O–H groups in total. The van der Waals surface area contributed by atoms with Crippen LogP contribution in [0.3, 0.4) is 0 Å². The maximum atomic E-state index is 13.7. The summed E-state index contributed by atoms with van der Waals surface area (Å²) < 4.78 is 0. The second-order valence-electron chi connectivity index (χ2n) is 10.6. The monoisotopic (exact) mass is 537 g/mol. The van der Waals surface area contributed by atoms with Crippen molar-refractivity contribution >= 4 is 23.5 Å². The van der Waals surface area contributed by atoms with Crippen molar-refractivity contribution in [2.45, 2.75) is 70.2 Å². The molecule has 1 saturated carbocycles. The largest absolute Gasteiger partial charge is 0.505 e. The van der Waals surface area contributed by atoms with E-state index in [0.717, 1.165) is 24.8 Å². The first-order chi connectivity index (χ1) is 18.7. The van der Waals surface area contributed by atoms with Crippen LogP contribution in [-0.2, 0) is 20.8 Å². The number of carbonyl (C=O) groups is 4. The molecule has 0 spiro atoms. The number of aliphatic hydroxyl groups excluding tert-OH is 1. The molecule has 2 aliphatic rings. The number of nitrogens with one attached hydrogen (secondary N) is 3. The fourth-order valence-electron chi connectivity index (χ4n) is 5.13. The molecule has 4 rings (SSSR count). The number of hydrogen-bond donors (Lipinski definition) is 5. The van der Waals surface area contributed by atoms with Crippen LogP contribution in [0.1, 0.15) is 55.6 Å². The minimum Gasteiger partial charge on any atom is -0.505 e. The van der Waals surface area contributed by atoms with E-state index in [2.05, 4.69) is 25.9 Å². The minimum atomic E-state index is -1.29. The van der Waals surface area contributed by atoms with E-state index in [1.807, 2.05) is 0 Å². The Kier molecular flexibility index (Phi) is 8.90. The number of carbonyl (C=O) groups excluding carboxylic acids is 4. The number of Topliss-reactive ketones (excluding diaryl/α,β-unsaturated/α-hetero) is 1. The van der Waals surface area contributed by atoms with Crippen LogP contribution in [-0.4, -0.2) is 67.9 Å². The molecule has 2 aromatic rings. The predicted molar refractivity (Wildman–Crippen MR) is 140 cm³/mol. The molecule has 39 heavy (non-hydrogen) atoms. The van der Waals surface area contributed by atoms with Crippen molar-refractivity contribution in [3.8, 4) is 5.75 Å². The summed E-state index contributed by atoms with van der Waals surface area (Å²) in [4.78, 5) is 61.3. The SMILES string of the molecule is C[C@H]1CC(=O)C(C2CCC2)NC(=O)[C@H](C)[C@H](O)[C@H](Cc2cccnc2)NC(=O)[C@H]1NC(=O)c1ncccc1O. The van der Waals surface area contributed by atoms with Crippen LogP contribution in [0.4, 0.5) is 0 Å². The quantitative estimate of drug-likeness (QED) is 0.374. The lowest BCUT2D eigenvalue weighted by molar-refractivity contribution is -0.137. The Balaban J connectivity index is 1.67. The van der Waals surface area contributed by atoms with Crippen LogP contribution in [0, 0.1) is 17.8 Å². The average molecular weight is 538 g/mol. The van der Waals surface area contributed by atoms with E-state index in [9.17, 15) is 29.4 Å². The maximum absolute atomic E-state index is 13.7. The third kappa shape index (κ3) is 6.59. The van der Waals surface area contributed by atoms with Gasteiger partial charge in [0.1, 0.15) is 11.8 Å². The van der Waals surface area contributed by atoms with E-state index in [1.54, 1.807) is 38.4 Å². The van der Waals surface area contributed by atoms with Crippen molar-refractivity contribution in [2.75, 3.05) is 0 Å². The predicted octanol–water partition coefficient (Wildman–Crippen LogP) is 0.899. The molecule has 6 atom stereocenters. The van der Waals surface area contributed by atoms with Gasteiger partial charge in [-0.2, -0.15) is 0 Å². The highest BCUT2D eigenvalue weighted by Crippen LogP contribution is 2.32. The van der Waals surface area contributed by atoms with Gasteiger partial charge in [0.15, 0.2) is 11.5 Å². The lowest BCUT2D eigenvalue weighted by Gasteiger charge is -2.37. The molecule has 1 aliphatic carbocycles. The number of pyridine rings is 2. The van der Waals surface area contributed by atoms with Crippen molar-refractivity contribution in [2.24, 2.45) is 17.8 Å². The normalized spacial score (nSPS) is 28.7. The lowest BCUT2D eigenvalue weighted by Crippen LogP contribution is -2.59. The number of aromatic nitrogens is 2. The molecular formula is C28H35N5O6. The number of hydrogen-bond acceptors (Lipinski definition) is 8. The molecule has 0 radical (unpaired) electrons. The van der Waals surface area contributed by atoms with Crippen LogP contribution in [0.5, 0.6) is 5.75 Å². The number of aliphatic hydroxyl groups is 1. The smallest absolute Gasteiger partial charge is 0.274 e. The Labute approximate surface area is 226 Å². The van der Waals surface area contributed by atoms with Crippen molar-refractivity contribution in [1.29, 1.82) is 0 Å². The Bertz CT molecular complexity index is 1200. The van der Waals surface area contributed by atoms with Gasteiger partial charge < -0.3 is 26.2 Å². The Morgan fingerprint density at radius 2 is 1.82 bits per heavy atom. The molecule has 11 nitrogen and oxygen atoms in total. The summed E-state index contributed by atoms with van der Waals surface area (Å²) in [6, 6.07) is 3.49. The molecule has 3 amide bonds. The number of ketones is 1. The molecule has 3 heterocycles. The highest BCUT2D eigenvalue weighted by molar-refractivity contribution is 5.98. The van der Waals surface area contributed by atoms with Crippen molar-refractivity contribution in [1.82, 2.24) is 25.9 Å². The lowest BCUT2D eigenvalue weighted by atomic mass is 9.76. The molecule has 0 bridgehead atoms. The fourth-order valence-corrected chi connectivity index (χ4v) is 5.13. The van der Waals surface area contributed by atoms with E-state index < -0.39 is 53.8 Å². The third-order valence-corrected chi connectivity index (χ3v) is 7.77. The van der Waals surface area contributed by atoms with Gasteiger partial charge in [-0.05, 0) is 54.9 Å². The molecule has 2 aromatic heterocycles. The maximum Gasteiger partial charge on any atom is 0.274 e. The van der Waals surface area contributed by atoms with Crippen molar-refractivity contribution in [3.63, 3.8) is 0 Å². The summed E-state index contributed by atoms with van der Waals surface area (Å²) in [6.45, 7) is 3.23. The highest BCUT2D eigenvalue weighted by Gasteiger charge is 2.41. The van der Waals surface area contributed by atoms with Crippen molar-refractivity contribution < 1.29 is 29.4 Å². The molecule has 1 unspecified atom stereocenters. The zero-order valence-electron chi connectivity index (χ0n) is 22.0. The number of amides is 3. The first kappa shape index (κ1) is 28.2. The number of nitrogens with zero attached hydrogens (tertiary/aromatic N) is 2. The van der Waals surface area contributed by atoms with Crippen LogP contribution in [0.25, 0.3) is 0 Å². The summed E-state index contributed by atoms with van der Waals surface area (Å²) >= 11 is 0. The van der Waals surface area contributed by atoms with E-state index in [0.29, 0.717) is 0 Å². The van der Waals surface area contributed by atoms with Gasteiger partial charge in [-0.3, -0.25) is 24.2 Å². The molecule has 11 heteroatoms. The minimum absolute atomic E-state index is 0.0144. The van der Waals surface area contributed by atoms with Gasteiger partial charge in [0.25, 0.3) is 5.91 Å². The van der Waals surface area contributed by atoms with E-state index in [4.69, 9.17) is 0 Å². The Morgan fingerprint density at radius 1 is 1.08 bits per heavy atom. The number of aromatic hydroxyl groups is 1. The van der Waals surface area contributed by atoms with Gasteiger partial charge in [-0.15, -0.1) is 0 Å². The molecule has 0 aromatic carbocycles. The summed E-state index contributed by atoms with van der Waals surface area (Å²) in [7, 11) is 0. The third-order valence-electron chi connectivity index (χ3n) is 7.77. The fraction of sp³-hybridized carbons (Fsp3) is 0.500. The first-order valence-electron chi connectivity index (χ1n) is 13.3. The van der Waals surface area contributed by atoms with Gasteiger partial charge in [0, 0.05) is 25.0 Å². The summed E-state index contributed by atoms with van der Waals surface area (Å²) in [5, 5.41) is 29.7. The van der Waals surface area contributed by atoms with Gasteiger partial charge in [-0.1, -0.05) is 26.3 Å². The van der Waals surface area contributed by atoms with Gasteiger partial charge in [0.05, 0.1) is 24.1 Å². The Hall–Kier alpha value is -3.86. The zero-order valence-corrected chi connectivity index (χ0v) is 22.0. The molecule has 208 valence electrons. The molecule has 2 fully saturated rings. The average Bonchev–Trinajstić information content (AvgIpc) is 2.89. The van der Waals surface area contributed by atoms with Gasteiger partial charge >= 0.3 is 0 Å². The van der Waals surface area contributed by atoms with Crippen LogP contribution in [0.15, 0.2) is 42.9 Å². The summed E-state index contributed by atoms with van der Waals surface area (Å²) in [5.41, 5.74) is 0.478. The van der Waals surface area contributed by atoms with E-state index in [-0.39, 0.29) is 36.0 Å². The van der Waals surface area contributed by atoms with E-state index in [1.165, 1.54) is 18.3 Å². The summed E-state index contributed by atoms with van der Waals surface area (Å²) in [6.07, 6.45) is 5.92. The van der Waals surface area contributed by atoms with Crippen LogP contribution in [0.2, 0.25) is 0 Å². The first-order valence-corrected chi connectivity index (χ1v) is 13.3. The molecular weight excluding hydrogens is 502 g/mol. The second kappa shape index (κ2) is 12.3.